The maximum absolute atomic E-state index is 12.9. The normalized spacial score (nSPS) is 15.7. The molecule has 0 unspecified atom stereocenters. The minimum atomic E-state index is -3.44. The second kappa shape index (κ2) is 10.2. The first-order valence-electron chi connectivity index (χ1n) is 10.9. The molecule has 3 rings (SSSR count). The average Bonchev–Trinajstić information content (AvgIpc) is 3.03. The number of para-hydroxylation sites is 1. The van der Waals surface area contributed by atoms with Gasteiger partial charge >= 0.3 is 0 Å². The highest BCUT2D eigenvalue weighted by Gasteiger charge is 2.25. The second-order valence-corrected chi connectivity index (χ2v) is 10.1. The molecule has 0 spiro atoms. The highest BCUT2D eigenvalue weighted by atomic mass is 32.2. The third kappa shape index (κ3) is 5.49. The van der Waals surface area contributed by atoms with Crippen LogP contribution in [-0.4, -0.2) is 37.8 Å². The van der Waals surface area contributed by atoms with Gasteiger partial charge in [0, 0.05) is 31.2 Å². The van der Waals surface area contributed by atoms with Crippen LogP contribution in [0.2, 0.25) is 0 Å². The van der Waals surface area contributed by atoms with Crippen molar-refractivity contribution in [1.82, 2.24) is 4.31 Å². The molecule has 2 aromatic carbocycles. The number of amides is 1. The van der Waals surface area contributed by atoms with Crippen LogP contribution in [0.5, 0.6) is 0 Å². The standard InChI is InChI=1S/C24H32N2O3S/c1-20(2)26(22-10-6-5-7-11-22)24(27)17-14-21-12-15-23(16-13-21)30(28,29)25-18-8-3-4-9-19-25/h5-7,10-13,15-16,20H,3-4,8-9,14,17-19H2,1-2H3. The molecule has 0 radical (unpaired) electrons. The van der Waals surface area contributed by atoms with Crippen molar-refractivity contribution in [3.05, 3.63) is 60.2 Å². The van der Waals surface area contributed by atoms with Crippen LogP contribution < -0.4 is 4.90 Å². The summed E-state index contributed by atoms with van der Waals surface area (Å²) in [6.45, 7) is 5.22. The Balaban J connectivity index is 1.64. The summed E-state index contributed by atoms with van der Waals surface area (Å²) in [5.41, 5.74) is 1.87. The lowest BCUT2D eigenvalue weighted by atomic mass is 10.1. The molecule has 0 aliphatic carbocycles. The Bertz CT molecular complexity index is 917. The van der Waals surface area contributed by atoms with Gasteiger partial charge in [-0.15, -0.1) is 0 Å². The SMILES string of the molecule is CC(C)N(C(=O)CCc1ccc(S(=O)(=O)N2CCCCCC2)cc1)c1ccccc1. The van der Waals surface area contributed by atoms with E-state index in [9.17, 15) is 13.2 Å². The largest absolute Gasteiger partial charge is 0.310 e. The van der Waals surface area contributed by atoms with Crippen LogP contribution in [-0.2, 0) is 21.2 Å². The fourth-order valence-electron chi connectivity index (χ4n) is 3.95. The van der Waals surface area contributed by atoms with E-state index < -0.39 is 10.0 Å². The van der Waals surface area contributed by atoms with Crippen LogP contribution in [0, 0.1) is 0 Å². The molecule has 1 heterocycles. The molecule has 162 valence electrons. The summed E-state index contributed by atoms with van der Waals surface area (Å²) < 4.78 is 27.4. The third-order valence-corrected chi connectivity index (χ3v) is 7.49. The molecular weight excluding hydrogens is 396 g/mol. The van der Waals surface area contributed by atoms with Gasteiger partial charge in [-0.1, -0.05) is 43.2 Å². The van der Waals surface area contributed by atoms with E-state index in [4.69, 9.17) is 0 Å². The van der Waals surface area contributed by atoms with Crippen molar-refractivity contribution < 1.29 is 13.2 Å². The van der Waals surface area contributed by atoms with Gasteiger partial charge in [0.15, 0.2) is 0 Å². The van der Waals surface area contributed by atoms with Gasteiger partial charge in [-0.3, -0.25) is 4.79 Å². The highest BCUT2D eigenvalue weighted by Crippen LogP contribution is 2.22. The molecule has 0 N–H and O–H groups in total. The second-order valence-electron chi connectivity index (χ2n) is 8.16. The number of rotatable bonds is 7. The molecule has 0 bridgehead atoms. The molecule has 1 amide bonds. The first kappa shape index (κ1) is 22.5. The van der Waals surface area contributed by atoms with Gasteiger partial charge in [-0.05, 0) is 62.9 Å². The maximum atomic E-state index is 12.9. The number of carbonyl (C=O) groups is 1. The molecule has 0 atom stereocenters. The number of anilines is 1. The zero-order valence-corrected chi connectivity index (χ0v) is 18.8. The Hall–Kier alpha value is -2.18. The van der Waals surface area contributed by atoms with Gasteiger partial charge in [0.2, 0.25) is 15.9 Å². The molecule has 1 saturated heterocycles. The Morgan fingerprint density at radius 2 is 1.53 bits per heavy atom. The predicted octanol–water partition coefficient (Wildman–Crippen LogP) is 4.63. The maximum Gasteiger partial charge on any atom is 0.243 e. The van der Waals surface area contributed by atoms with E-state index >= 15 is 0 Å². The van der Waals surface area contributed by atoms with E-state index in [-0.39, 0.29) is 11.9 Å². The number of benzene rings is 2. The van der Waals surface area contributed by atoms with Crippen LogP contribution >= 0.6 is 0 Å². The molecule has 1 aliphatic heterocycles. The summed E-state index contributed by atoms with van der Waals surface area (Å²) in [5.74, 6) is 0.0671. The fraction of sp³-hybridized carbons (Fsp3) is 0.458. The van der Waals surface area contributed by atoms with Gasteiger partial charge in [-0.25, -0.2) is 8.42 Å². The predicted molar refractivity (Wildman–Crippen MR) is 121 cm³/mol. The molecular formula is C24H32N2O3S. The zero-order chi connectivity index (χ0) is 21.6. The van der Waals surface area contributed by atoms with Crippen molar-refractivity contribution in [1.29, 1.82) is 0 Å². The van der Waals surface area contributed by atoms with Gasteiger partial charge in [0.25, 0.3) is 0 Å². The van der Waals surface area contributed by atoms with Crippen molar-refractivity contribution in [2.24, 2.45) is 0 Å². The smallest absolute Gasteiger partial charge is 0.243 e. The molecule has 0 saturated carbocycles. The number of nitrogens with zero attached hydrogens (tertiary/aromatic N) is 2. The van der Waals surface area contributed by atoms with E-state index in [0.29, 0.717) is 30.8 Å². The van der Waals surface area contributed by atoms with Crippen LogP contribution in [0.4, 0.5) is 5.69 Å². The summed E-state index contributed by atoms with van der Waals surface area (Å²) in [6.07, 6.45) is 5.00. The first-order chi connectivity index (χ1) is 14.4. The number of carbonyl (C=O) groups excluding carboxylic acids is 1. The lowest BCUT2D eigenvalue weighted by Gasteiger charge is -2.27. The van der Waals surface area contributed by atoms with Gasteiger partial charge in [0.1, 0.15) is 0 Å². The van der Waals surface area contributed by atoms with Crippen molar-refractivity contribution in [2.75, 3.05) is 18.0 Å². The summed E-state index contributed by atoms with van der Waals surface area (Å²) in [7, 11) is -3.44. The van der Waals surface area contributed by atoms with Gasteiger partial charge in [-0.2, -0.15) is 4.31 Å². The summed E-state index contributed by atoms with van der Waals surface area (Å²) in [6, 6.07) is 16.8. The number of hydrogen-bond donors (Lipinski definition) is 0. The minimum Gasteiger partial charge on any atom is -0.310 e. The quantitative estimate of drug-likeness (QED) is 0.646. The fourth-order valence-corrected chi connectivity index (χ4v) is 5.47. The van der Waals surface area contributed by atoms with Crippen LogP contribution in [0.15, 0.2) is 59.5 Å². The van der Waals surface area contributed by atoms with E-state index in [1.54, 1.807) is 16.4 Å². The summed E-state index contributed by atoms with van der Waals surface area (Å²) in [5, 5.41) is 0. The first-order valence-corrected chi connectivity index (χ1v) is 12.3. The van der Waals surface area contributed by atoms with Crippen molar-refractivity contribution >= 4 is 21.6 Å². The van der Waals surface area contributed by atoms with Crippen LogP contribution in [0.1, 0.15) is 51.5 Å². The Morgan fingerprint density at radius 1 is 0.933 bits per heavy atom. The number of sulfonamides is 1. The Morgan fingerprint density at radius 3 is 2.10 bits per heavy atom. The van der Waals surface area contributed by atoms with E-state index in [0.717, 1.165) is 36.9 Å². The van der Waals surface area contributed by atoms with E-state index in [1.807, 2.05) is 61.2 Å². The molecule has 30 heavy (non-hydrogen) atoms. The zero-order valence-electron chi connectivity index (χ0n) is 18.0. The summed E-state index contributed by atoms with van der Waals surface area (Å²) >= 11 is 0. The average molecular weight is 429 g/mol. The van der Waals surface area contributed by atoms with Gasteiger partial charge < -0.3 is 4.90 Å². The van der Waals surface area contributed by atoms with Crippen molar-refractivity contribution in [3.8, 4) is 0 Å². The molecule has 5 nitrogen and oxygen atoms in total. The lowest BCUT2D eigenvalue weighted by molar-refractivity contribution is -0.118. The van der Waals surface area contributed by atoms with Crippen molar-refractivity contribution in [3.63, 3.8) is 0 Å². The number of hydrogen-bond acceptors (Lipinski definition) is 3. The Kier molecular flexibility index (Phi) is 7.67. The van der Waals surface area contributed by atoms with E-state index in [1.165, 1.54) is 0 Å². The molecule has 0 aromatic heterocycles. The monoisotopic (exact) mass is 428 g/mol. The third-order valence-electron chi connectivity index (χ3n) is 5.57. The highest BCUT2D eigenvalue weighted by molar-refractivity contribution is 7.89. The minimum absolute atomic E-state index is 0.0671. The summed E-state index contributed by atoms with van der Waals surface area (Å²) in [4.78, 5) is 15.0. The van der Waals surface area contributed by atoms with Crippen LogP contribution in [0.3, 0.4) is 0 Å². The molecule has 2 aromatic rings. The lowest BCUT2D eigenvalue weighted by Crippen LogP contribution is -2.37. The number of aryl methyl sites for hydroxylation is 1. The van der Waals surface area contributed by atoms with Gasteiger partial charge in [0.05, 0.1) is 4.90 Å². The van der Waals surface area contributed by atoms with Crippen LogP contribution in [0.25, 0.3) is 0 Å². The molecule has 1 aliphatic rings. The Labute approximate surface area is 180 Å². The topological polar surface area (TPSA) is 57.7 Å². The molecule has 1 fully saturated rings. The molecule has 6 heteroatoms. The van der Waals surface area contributed by atoms with Crippen molar-refractivity contribution in [2.45, 2.75) is 63.3 Å². The van der Waals surface area contributed by atoms with E-state index in [2.05, 4.69) is 0 Å².